The van der Waals surface area contributed by atoms with Gasteiger partial charge in [-0.25, -0.2) is 13.2 Å². The zero-order valence-corrected chi connectivity index (χ0v) is 10.3. The first-order chi connectivity index (χ1) is 9.02. The minimum Gasteiger partial charge on any atom is -0.383 e. The van der Waals surface area contributed by atoms with Crippen LogP contribution in [-0.2, 0) is 6.42 Å². The van der Waals surface area contributed by atoms with Crippen LogP contribution in [0.2, 0.25) is 0 Å². The predicted molar refractivity (Wildman–Crippen MR) is 66.2 cm³/mol. The van der Waals surface area contributed by atoms with Gasteiger partial charge in [0.15, 0.2) is 0 Å². The Labute approximate surface area is 109 Å². The number of benzene rings is 2. The first-order valence-electron chi connectivity index (χ1n) is 5.94. The van der Waals surface area contributed by atoms with Crippen molar-refractivity contribution in [3.63, 3.8) is 0 Å². The highest BCUT2D eigenvalue weighted by atomic mass is 19.1. The van der Waals surface area contributed by atoms with Crippen LogP contribution < -0.4 is 0 Å². The molecule has 0 aliphatic rings. The van der Waals surface area contributed by atoms with E-state index in [4.69, 9.17) is 0 Å². The van der Waals surface area contributed by atoms with Crippen molar-refractivity contribution in [2.75, 3.05) is 0 Å². The fourth-order valence-electron chi connectivity index (χ4n) is 1.92. The van der Waals surface area contributed by atoms with Gasteiger partial charge >= 0.3 is 0 Å². The van der Waals surface area contributed by atoms with Gasteiger partial charge in [-0.3, -0.25) is 0 Å². The second kappa shape index (κ2) is 5.45. The van der Waals surface area contributed by atoms with E-state index in [1.807, 2.05) is 6.92 Å². The molecular weight excluding hydrogens is 253 g/mol. The zero-order valence-electron chi connectivity index (χ0n) is 10.3. The van der Waals surface area contributed by atoms with Gasteiger partial charge in [0.1, 0.15) is 23.6 Å². The molecule has 0 saturated heterocycles. The lowest BCUT2D eigenvalue weighted by Crippen LogP contribution is -2.06. The van der Waals surface area contributed by atoms with Crippen molar-refractivity contribution in [2.45, 2.75) is 19.4 Å². The fourth-order valence-corrected chi connectivity index (χ4v) is 1.92. The fraction of sp³-hybridized carbons (Fsp3) is 0.200. The number of aliphatic hydroxyl groups is 1. The number of hydrogen-bond donors (Lipinski definition) is 1. The topological polar surface area (TPSA) is 20.2 Å². The Hall–Kier alpha value is -1.81. The van der Waals surface area contributed by atoms with Crippen molar-refractivity contribution in [3.05, 3.63) is 70.5 Å². The van der Waals surface area contributed by atoms with Gasteiger partial charge in [-0.15, -0.1) is 0 Å². The van der Waals surface area contributed by atoms with Crippen molar-refractivity contribution >= 4 is 0 Å². The Morgan fingerprint density at radius 2 is 1.53 bits per heavy atom. The first kappa shape index (κ1) is 13.6. The maximum Gasteiger partial charge on any atom is 0.135 e. The van der Waals surface area contributed by atoms with Crippen LogP contribution in [0, 0.1) is 17.5 Å². The van der Waals surface area contributed by atoms with E-state index in [-0.39, 0.29) is 0 Å². The standard InChI is InChI=1S/C15H13F3O/c1-2-9-3-5-10(6-4-9)15(19)14-12(17)7-11(16)8-13(14)18/h3-8,15,19H,2H2,1H3. The smallest absolute Gasteiger partial charge is 0.135 e. The van der Waals surface area contributed by atoms with Gasteiger partial charge in [0, 0.05) is 12.1 Å². The molecule has 2 aromatic rings. The molecule has 1 atom stereocenters. The van der Waals surface area contributed by atoms with E-state index >= 15 is 0 Å². The van der Waals surface area contributed by atoms with Crippen LogP contribution in [0.25, 0.3) is 0 Å². The van der Waals surface area contributed by atoms with Crippen LogP contribution in [0.3, 0.4) is 0 Å². The number of rotatable bonds is 3. The van der Waals surface area contributed by atoms with Crippen molar-refractivity contribution < 1.29 is 18.3 Å². The predicted octanol–water partition coefficient (Wildman–Crippen LogP) is 3.75. The van der Waals surface area contributed by atoms with Gasteiger partial charge in [0.2, 0.25) is 0 Å². The van der Waals surface area contributed by atoms with Gasteiger partial charge in [0.05, 0.1) is 5.56 Å². The van der Waals surface area contributed by atoms with Gasteiger partial charge in [0.25, 0.3) is 0 Å². The molecule has 0 amide bonds. The molecule has 0 aliphatic carbocycles. The van der Waals surface area contributed by atoms with E-state index in [0.29, 0.717) is 17.7 Å². The van der Waals surface area contributed by atoms with E-state index in [9.17, 15) is 18.3 Å². The van der Waals surface area contributed by atoms with Gasteiger partial charge < -0.3 is 5.11 Å². The summed E-state index contributed by atoms with van der Waals surface area (Å²) >= 11 is 0. The van der Waals surface area contributed by atoms with E-state index in [1.54, 1.807) is 24.3 Å². The molecule has 0 aromatic heterocycles. The third-order valence-electron chi connectivity index (χ3n) is 3.02. The molecule has 0 heterocycles. The molecule has 0 aliphatic heterocycles. The summed E-state index contributed by atoms with van der Waals surface area (Å²) in [5.74, 6) is -3.19. The van der Waals surface area contributed by atoms with Gasteiger partial charge in [-0.05, 0) is 17.5 Å². The zero-order chi connectivity index (χ0) is 14.0. The highest BCUT2D eigenvalue weighted by Crippen LogP contribution is 2.27. The van der Waals surface area contributed by atoms with Crippen LogP contribution in [0.5, 0.6) is 0 Å². The summed E-state index contributed by atoms with van der Waals surface area (Å²) in [5.41, 5.74) is 0.878. The van der Waals surface area contributed by atoms with Crippen molar-refractivity contribution in [1.82, 2.24) is 0 Å². The third kappa shape index (κ3) is 2.79. The molecule has 1 N–H and O–H groups in total. The molecule has 19 heavy (non-hydrogen) atoms. The van der Waals surface area contributed by atoms with Gasteiger partial charge in [-0.1, -0.05) is 31.2 Å². The van der Waals surface area contributed by atoms with E-state index in [1.165, 1.54) is 0 Å². The number of aliphatic hydroxyl groups excluding tert-OH is 1. The Morgan fingerprint density at radius 3 is 2.00 bits per heavy atom. The largest absolute Gasteiger partial charge is 0.383 e. The van der Waals surface area contributed by atoms with Crippen molar-refractivity contribution in [1.29, 1.82) is 0 Å². The highest BCUT2D eigenvalue weighted by molar-refractivity contribution is 5.33. The SMILES string of the molecule is CCc1ccc(C(O)c2c(F)cc(F)cc2F)cc1. The molecule has 0 bridgehead atoms. The Bertz CT molecular complexity index is 555. The first-order valence-corrected chi connectivity index (χ1v) is 5.94. The molecule has 1 nitrogen and oxygen atoms in total. The molecule has 0 spiro atoms. The van der Waals surface area contributed by atoms with Crippen molar-refractivity contribution in [2.24, 2.45) is 0 Å². The van der Waals surface area contributed by atoms with Crippen LogP contribution in [0.4, 0.5) is 13.2 Å². The minimum atomic E-state index is -1.45. The number of hydrogen-bond acceptors (Lipinski definition) is 1. The molecule has 4 heteroatoms. The second-order valence-electron chi connectivity index (χ2n) is 4.28. The monoisotopic (exact) mass is 266 g/mol. The quantitative estimate of drug-likeness (QED) is 0.897. The normalized spacial score (nSPS) is 12.5. The summed E-state index contributed by atoms with van der Waals surface area (Å²) in [6.45, 7) is 1.98. The lowest BCUT2D eigenvalue weighted by atomic mass is 9.99. The summed E-state index contributed by atoms with van der Waals surface area (Å²) in [7, 11) is 0. The Kier molecular flexibility index (Phi) is 3.90. The maximum atomic E-state index is 13.6. The molecule has 0 radical (unpaired) electrons. The Morgan fingerprint density at radius 1 is 1.00 bits per heavy atom. The van der Waals surface area contributed by atoms with E-state index in [2.05, 4.69) is 0 Å². The van der Waals surface area contributed by atoms with Crippen molar-refractivity contribution in [3.8, 4) is 0 Å². The molecule has 2 rings (SSSR count). The lowest BCUT2D eigenvalue weighted by Gasteiger charge is -2.14. The van der Waals surface area contributed by atoms with E-state index < -0.39 is 29.1 Å². The summed E-state index contributed by atoms with van der Waals surface area (Å²) in [5, 5.41) is 10.0. The van der Waals surface area contributed by atoms with Crippen LogP contribution >= 0.6 is 0 Å². The maximum absolute atomic E-state index is 13.6. The molecule has 1 unspecified atom stereocenters. The summed E-state index contributed by atoms with van der Waals surface area (Å²) in [6, 6.07) is 7.87. The van der Waals surface area contributed by atoms with Crippen LogP contribution in [0.15, 0.2) is 36.4 Å². The molecule has 0 saturated carbocycles. The third-order valence-corrected chi connectivity index (χ3v) is 3.02. The number of aryl methyl sites for hydroxylation is 1. The molecule has 2 aromatic carbocycles. The molecule has 100 valence electrons. The summed E-state index contributed by atoms with van der Waals surface area (Å²) in [4.78, 5) is 0. The van der Waals surface area contributed by atoms with E-state index in [0.717, 1.165) is 12.0 Å². The Balaban J connectivity index is 2.40. The lowest BCUT2D eigenvalue weighted by molar-refractivity contribution is 0.208. The molecule has 0 fully saturated rings. The average Bonchev–Trinajstić information content (AvgIpc) is 2.37. The van der Waals surface area contributed by atoms with Gasteiger partial charge in [-0.2, -0.15) is 0 Å². The summed E-state index contributed by atoms with van der Waals surface area (Å²) in [6.07, 6.45) is -0.623. The van der Waals surface area contributed by atoms with Crippen LogP contribution in [0.1, 0.15) is 29.7 Å². The van der Waals surface area contributed by atoms with Crippen LogP contribution in [-0.4, -0.2) is 5.11 Å². The average molecular weight is 266 g/mol. The summed E-state index contributed by atoms with van der Waals surface area (Å²) < 4.78 is 39.9. The highest BCUT2D eigenvalue weighted by Gasteiger charge is 2.20. The number of halogens is 3. The molecular formula is C15H13F3O. The second-order valence-corrected chi connectivity index (χ2v) is 4.28. The minimum absolute atomic E-state index is 0.363.